The molecule has 0 bridgehead atoms. The van der Waals surface area contributed by atoms with Gasteiger partial charge in [-0.15, -0.1) is 7.35 Å². The van der Waals surface area contributed by atoms with E-state index in [4.69, 9.17) is 0 Å². The SMILES string of the molecule is Fc1c(F)c(F)c([B-](c2c(F)c(F)c(F)c(F)c2F)(c2c(F)c(F)c(F)c(F)c2F)[PH+](c2ccccc2)[Si](c2ccccc2)c2ccccc2)c(F)c1F. The van der Waals surface area contributed by atoms with Gasteiger partial charge < -0.3 is 0 Å². The summed E-state index contributed by atoms with van der Waals surface area (Å²) in [6.45, 7) is 0. The van der Waals surface area contributed by atoms with Gasteiger partial charge in [0.1, 0.15) is 34.9 Å². The molecule has 6 aromatic carbocycles. The molecule has 1 atom stereocenters. The van der Waals surface area contributed by atoms with E-state index in [-0.39, 0.29) is 10.4 Å². The fourth-order valence-corrected chi connectivity index (χ4v) is 19.0. The zero-order chi connectivity index (χ0) is 39.4. The van der Waals surface area contributed by atoms with Crippen molar-refractivity contribution in [2.45, 2.75) is 0 Å². The molecule has 0 heterocycles. The maximum Gasteiger partial charge on any atom is 0.291 e. The van der Waals surface area contributed by atoms with Crippen LogP contribution in [0.4, 0.5) is 65.9 Å². The van der Waals surface area contributed by atoms with Crippen LogP contribution in [0.2, 0.25) is 0 Å². The molecule has 0 spiro atoms. The highest BCUT2D eigenvalue weighted by atomic mass is 31.4. The molecule has 0 aliphatic carbocycles. The summed E-state index contributed by atoms with van der Waals surface area (Å²) in [6.07, 6.45) is 0. The van der Waals surface area contributed by atoms with Gasteiger partial charge in [0.2, 0.25) is 0 Å². The Hall–Kier alpha value is -5.02. The molecule has 6 rings (SSSR count). The number of hydrogen-bond donors (Lipinski definition) is 0. The molecule has 0 aliphatic rings. The van der Waals surface area contributed by atoms with Crippen LogP contribution in [0.15, 0.2) is 91.0 Å². The Kier molecular flexibility index (Phi) is 10.5. The molecule has 1 radical (unpaired) electrons. The maximum absolute atomic E-state index is 16.6. The number of halogens is 15. The third kappa shape index (κ3) is 5.79. The van der Waals surface area contributed by atoms with Gasteiger partial charge in [-0.05, 0) is 22.5 Å². The van der Waals surface area contributed by atoms with Crippen LogP contribution in [0.1, 0.15) is 0 Å². The fraction of sp³-hybridized carbons (Fsp3) is 0. The van der Waals surface area contributed by atoms with E-state index in [1.54, 1.807) is 0 Å². The lowest BCUT2D eigenvalue weighted by atomic mass is 9.33. The summed E-state index contributed by atoms with van der Waals surface area (Å²) in [6, 6.07) is 18.7. The first kappa shape index (κ1) is 38.7. The summed E-state index contributed by atoms with van der Waals surface area (Å²) in [5.74, 6) is -51.0. The lowest BCUT2D eigenvalue weighted by molar-refractivity contribution is 0.380. The van der Waals surface area contributed by atoms with Crippen molar-refractivity contribution in [1.82, 2.24) is 0 Å². The Morgan fingerprint density at radius 1 is 0.296 bits per heavy atom. The summed E-state index contributed by atoms with van der Waals surface area (Å²) in [4.78, 5) is 0. The van der Waals surface area contributed by atoms with Crippen molar-refractivity contribution in [2.24, 2.45) is 0 Å². The average Bonchev–Trinajstić information content (AvgIpc) is 3.19. The molecule has 277 valence electrons. The predicted octanol–water partition coefficient (Wildman–Crippen LogP) is 7.09. The van der Waals surface area contributed by atoms with Gasteiger partial charge in [-0.2, -0.15) is 0 Å². The molecule has 1 unspecified atom stereocenters. The monoisotopic (exact) mass is 803 g/mol. The average molecular weight is 803 g/mol. The molecule has 0 fully saturated rings. The second-order valence-electron chi connectivity index (χ2n) is 11.7. The molecular weight excluding hydrogens is 787 g/mol. The topological polar surface area (TPSA) is 0 Å². The van der Waals surface area contributed by atoms with Gasteiger partial charge in [-0.3, -0.25) is 0 Å². The smallest absolute Gasteiger partial charge is 0.207 e. The Morgan fingerprint density at radius 3 is 0.778 bits per heavy atom. The van der Waals surface area contributed by atoms with E-state index in [0.717, 1.165) is 24.3 Å². The van der Waals surface area contributed by atoms with Crippen molar-refractivity contribution in [1.29, 1.82) is 0 Å². The van der Waals surface area contributed by atoms with Gasteiger partial charge in [0, 0.05) is 5.30 Å². The molecule has 18 heteroatoms. The van der Waals surface area contributed by atoms with Crippen molar-refractivity contribution >= 4 is 53.7 Å². The zero-order valence-corrected chi connectivity index (χ0v) is 28.4. The first-order valence-electron chi connectivity index (χ1n) is 15.2. The Bertz CT molecular complexity index is 2120. The second kappa shape index (κ2) is 14.7. The highest BCUT2D eigenvalue weighted by molar-refractivity contribution is 8.26. The van der Waals surface area contributed by atoms with Crippen LogP contribution in [0.3, 0.4) is 0 Å². The van der Waals surface area contributed by atoms with Crippen LogP contribution >= 0.6 is 7.35 Å². The summed E-state index contributed by atoms with van der Waals surface area (Å²) < 4.78 is 236. The lowest BCUT2D eigenvalue weighted by Gasteiger charge is -2.46. The molecule has 0 aromatic heterocycles. The van der Waals surface area contributed by atoms with E-state index < -0.39 is 131 Å². The number of rotatable bonds is 8. The van der Waals surface area contributed by atoms with Crippen molar-refractivity contribution in [3.05, 3.63) is 178 Å². The Labute approximate surface area is 297 Å². The van der Waals surface area contributed by atoms with E-state index in [9.17, 15) is 13.2 Å². The number of hydrogen-bond acceptors (Lipinski definition) is 0. The summed E-state index contributed by atoms with van der Waals surface area (Å²) >= 11 is 0. The second-order valence-corrected chi connectivity index (χ2v) is 19.0. The lowest BCUT2D eigenvalue weighted by Crippen LogP contribution is -2.75. The largest absolute Gasteiger partial charge is 0.291 e. The standard InChI is InChI=1S/C36H16BF15PSi/c38-22-19(23(39)29(45)34(50)28(22)44)37(20-24(40)30(46)35(51)31(47)25(20)41,21-26(42)32(48)36(52)33(49)27(21)43)53(16-10-4-1-5-11-16)54(17-12-6-2-7-13-17)18-14-8-3-9-15-18/h1-15,53H. The van der Waals surface area contributed by atoms with Crippen LogP contribution in [0.25, 0.3) is 0 Å². The first-order chi connectivity index (χ1) is 25.6. The molecule has 0 saturated heterocycles. The van der Waals surface area contributed by atoms with Gasteiger partial charge in [0.15, 0.2) is 52.4 Å². The van der Waals surface area contributed by atoms with E-state index in [2.05, 4.69) is 0 Å². The summed E-state index contributed by atoms with van der Waals surface area (Å²) in [5.41, 5.74) is -7.78. The maximum atomic E-state index is 16.6. The minimum atomic E-state index is -5.84. The normalized spacial score (nSPS) is 12.4. The first-order valence-corrected chi connectivity index (χ1v) is 19.3. The minimum absolute atomic E-state index is 0.0192. The van der Waals surface area contributed by atoms with Crippen molar-refractivity contribution < 1.29 is 65.9 Å². The van der Waals surface area contributed by atoms with E-state index >= 15 is 52.7 Å². The van der Waals surface area contributed by atoms with E-state index in [0.29, 0.717) is 0 Å². The van der Waals surface area contributed by atoms with Crippen LogP contribution in [-0.4, -0.2) is 14.3 Å². The van der Waals surface area contributed by atoms with Gasteiger partial charge >= 0.3 is 0 Å². The quantitative estimate of drug-likeness (QED) is 0.0508. The molecular formula is C36H16BF15PSi. The molecule has 6 aromatic rings. The predicted molar refractivity (Wildman–Crippen MR) is 176 cm³/mol. The molecule has 0 amide bonds. The van der Waals surface area contributed by atoms with Gasteiger partial charge in [0.05, 0.1) is 0 Å². The van der Waals surface area contributed by atoms with Crippen LogP contribution in [-0.2, 0) is 0 Å². The van der Waals surface area contributed by atoms with Crippen molar-refractivity contribution in [3.63, 3.8) is 0 Å². The Morgan fingerprint density at radius 2 is 0.519 bits per heavy atom. The van der Waals surface area contributed by atoms with E-state index in [1.807, 2.05) is 0 Å². The van der Waals surface area contributed by atoms with Crippen LogP contribution < -0.4 is 32.1 Å². The molecule has 0 aliphatic heterocycles. The molecule has 0 saturated carbocycles. The highest BCUT2D eigenvalue weighted by Gasteiger charge is 2.61. The zero-order valence-electron chi connectivity index (χ0n) is 26.4. The molecule has 54 heavy (non-hydrogen) atoms. The van der Waals surface area contributed by atoms with Crippen molar-refractivity contribution in [3.8, 4) is 0 Å². The molecule has 0 N–H and O–H groups in total. The van der Waals surface area contributed by atoms with Crippen molar-refractivity contribution in [2.75, 3.05) is 0 Å². The van der Waals surface area contributed by atoms with Crippen LogP contribution in [0, 0.1) is 87.3 Å². The van der Waals surface area contributed by atoms with E-state index in [1.165, 1.54) is 66.7 Å². The summed E-state index contributed by atoms with van der Waals surface area (Å²) in [5, 5.41) is -0.524. The Balaban J connectivity index is 2.10. The highest BCUT2D eigenvalue weighted by Crippen LogP contribution is 2.50. The van der Waals surface area contributed by atoms with Gasteiger partial charge in [-0.1, -0.05) is 95.3 Å². The van der Waals surface area contributed by atoms with Crippen LogP contribution in [0.5, 0.6) is 0 Å². The summed E-state index contributed by atoms with van der Waals surface area (Å²) in [7, 11) is -7.91. The van der Waals surface area contributed by atoms with Gasteiger partial charge in [0.25, 0.3) is 14.3 Å². The molecule has 0 nitrogen and oxygen atoms in total. The number of benzene rings is 6. The third-order valence-corrected chi connectivity index (χ3v) is 19.5. The van der Waals surface area contributed by atoms with Gasteiger partial charge in [-0.25, -0.2) is 65.9 Å². The fourth-order valence-electron chi connectivity index (χ4n) is 6.79. The third-order valence-electron chi connectivity index (χ3n) is 8.94. The minimum Gasteiger partial charge on any atom is -0.207 e.